The molecule has 0 saturated heterocycles. The van der Waals surface area contributed by atoms with E-state index >= 15 is 0 Å². The molecule has 3 rings (SSSR count). The smallest absolute Gasteiger partial charge is 0.253 e. The van der Waals surface area contributed by atoms with Crippen LogP contribution >= 0.6 is 11.3 Å². The predicted octanol–water partition coefficient (Wildman–Crippen LogP) is 7.40. The van der Waals surface area contributed by atoms with Gasteiger partial charge in [-0.05, 0) is 31.0 Å². The molecule has 0 spiro atoms. The van der Waals surface area contributed by atoms with E-state index in [1.165, 1.54) is 24.2 Å². The minimum absolute atomic E-state index is 0.111. The maximum Gasteiger partial charge on any atom is 0.253 e. The first-order chi connectivity index (χ1) is 19.0. The van der Waals surface area contributed by atoms with Gasteiger partial charge in [-0.15, -0.1) is 11.3 Å². The number of nitrogens with zero attached hydrogens (tertiary/aromatic N) is 2. The summed E-state index contributed by atoms with van der Waals surface area (Å²) in [6.45, 7) is 18.3. The van der Waals surface area contributed by atoms with E-state index in [2.05, 4.69) is 36.4 Å². The van der Waals surface area contributed by atoms with E-state index < -0.39 is 0 Å². The third kappa shape index (κ3) is 15.3. The highest BCUT2D eigenvalue weighted by Crippen LogP contribution is 2.24. The molecule has 0 aliphatic rings. The van der Waals surface area contributed by atoms with E-state index in [0.29, 0.717) is 10.7 Å². The van der Waals surface area contributed by atoms with Crippen molar-refractivity contribution in [2.24, 2.45) is 5.92 Å². The Bertz CT molecular complexity index is 1020. The molecule has 1 unspecified atom stereocenters. The maximum absolute atomic E-state index is 12.0. The average molecular weight is 556 g/mol. The van der Waals surface area contributed by atoms with Gasteiger partial charge in [0.05, 0.1) is 17.8 Å². The molecule has 2 amide bonds. The van der Waals surface area contributed by atoms with Crippen molar-refractivity contribution in [2.45, 2.75) is 74.6 Å². The van der Waals surface area contributed by atoms with E-state index in [0.717, 1.165) is 36.8 Å². The molecule has 2 heterocycles. The summed E-state index contributed by atoms with van der Waals surface area (Å²) < 4.78 is 7.13. The molecule has 215 valence electrons. The molecule has 9 heteroatoms. The third-order valence-corrected chi connectivity index (χ3v) is 6.06. The molecule has 7 nitrogen and oxygen atoms in total. The van der Waals surface area contributed by atoms with Crippen molar-refractivity contribution in [3.63, 3.8) is 0 Å². The molecule has 0 saturated carbocycles. The van der Waals surface area contributed by atoms with Crippen molar-refractivity contribution in [1.82, 2.24) is 14.8 Å². The average Bonchev–Trinajstić information content (AvgIpc) is 3.67. The van der Waals surface area contributed by atoms with Gasteiger partial charge in [0.25, 0.3) is 5.91 Å². The fourth-order valence-corrected chi connectivity index (χ4v) is 3.68. The van der Waals surface area contributed by atoms with Gasteiger partial charge in [0.2, 0.25) is 13.3 Å². The fourth-order valence-electron chi connectivity index (χ4n) is 2.94. The van der Waals surface area contributed by atoms with Crippen LogP contribution in [0.5, 0.6) is 0 Å². The Kier molecular flexibility index (Phi) is 21.3. The first kappa shape index (κ1) is 36.1. The Morgan fingerprint density at radius 1 is 1.08 bits per heavy atom. The monoisotopic (exact) mass is 555 g/mol. The van der Waals surface area contributed by atoms with Crippen LogP contribution in [0.4, 0.5) is 5.13 Å². The van der Waals surface area contributed by atoms with Crippen molar-refractivity contribution >= 4 is 35.7 Å². The van der Waals surface area contributed by atoms with Crippen LogP contribution < -0.4 is 10.6 Å². The van der Waals surface area contributed by atoms with E-state index in [9.17, 15) is 9.59 Å². The molecule has 1 radical (unpaired) electrons. The summed E-state index contributed by atoms with van der Waals surface area (Å²) in [5.41, 5.74) is 2.30. The Balaban J connectivity index is 0.000000871. The molecule has 1 aromatic carbocycles. The fraction of sp³-hybridized carbons (Fsp3) is 0.500. The third-order valence-electron chi connectivity index (χ3n) is 5.30. The standard InChI is InChI=1S/C17H16BN4O2S.C9H20O.2C2H6/c1-18-22-8-7-13(10-22)16(24)19-9-15(23)21-17-20-14(11-25-17)12-5-3-2-4-6-12;1-4-7-10-8-6-9(3)5-2;2*1-2/h2-8,10-11H,9H2,1H3,(H,19,24)(H,20,21,23);9H,4-8H2,1-3H3;2*1-2H3. The lowest BCUT2D eigenvalue weighted by Gasteiger charge is -2.07. The Hall–Kier alpha value is -2.91. The molecule has 0 aliphatic carbocycles. The zero-order valence-electron chi connectivity index (χ0n) is 25.1. The number of aromatic nitrogens is 2. The van der Waals surface area contributed by atoms with Crippen LogP contribution in [-0.2, 0) is 9.53 Å². The van der Waals surface area contributed by atoms with Crippen LogP contribution in [0.2, 0.25) is 6.82 Å². The molecule has 0 bridgehead atoms. The quantitative estimate of drug-likeness (QED) is 0.180. The maximum atomic E-state index is 12.0. The minimum atomic E-state index is -0.316. The van der Waals surface area contributed by atoms with Gasteiger partial charge in [0, 0.05) is 30.4 Å². The van der Waals surface area contributed by atoms with Gasteiger partial charge in [0.1, 0.15) is 0 Å². The second-order valence-corrected chi connectivity index (χ2v) is 9.01. The van der Waals surface area contributed by atoms with Gasteiger partial charge in [-0.2, -0.15) is 0 Å². The van der Waals surface area contributed by atoms with Crippen molar-refractivity contribution in [2.75, 3.05) is 25.1 Å². The second-order valence-electron chi connectivity index (χ2n) is 8.15. The lowest BCUT2D eigenvalue weighted by Crippen LogP contribution is -2.32. The molecule has 1 atom stereocenters. The number of hydrogen-bond acceptors (Lipinski definition) is 5. The molecule has 0 aliphatic heterocycles. The van der Waals surface area contributed by atoms with Crippen LogP contribution in [0.25, 0.3) is 11.3 Å². The number of ether oxygens (including phenoxy) is 1. The first-order valence-electron chi connectivity index (χ1n) is 14.1. The van der Waals surface area contributed by atoms with Gasteiger partial charge in [-0.3, -0.25) is 9.59 Å². The zero-order chi connectivity index (χ0) is 29.5. The van der Waals surface area contributed by atoms with Crippen molar-refractivity contribution in [3.8, 4) is 11.3 Å². The van der Waals surface area contributed by atoms with Crippen LogP contribution in [0.15, 0.2) is 54.2 Å². The highest BCUT2D eigenvalue weighted by Gasteiger charge is 2.11. The number of amides is 2. The molecule has 0 fully saturated rings. The molecule has 39 heavy (non-hydrogen) atoms. The summed E-state index contributed by atoms with van der Waals surface area (Å²) in [4.78, 5) is 28.4. The number of anilines is 1. The number of hydrogen-bond donors (Lipinski definition) is 2. The van der Waals surface area contributed by atoms with Crippen LogP contribution in [0, 0.1) is 5.92 Å². The van der Waals surface area contributed by atoms with Crippen molar-refractivity contribution < 1.29 is 14.3 Å². The lowest BCUT2D eigenvalue weighted by molar-refractivity contribution is -0.115. The number of carbonyl (C=O) groups excluding carboxylic acids is 2. The van der Waals surface area contributed by atoms with Gasteiger partial charge >= 0.3 is 0 Å². The normalized spacial score (nSPS) is 10.4. The molecular formula is C30H48BN4O3S. The zero-order valence-corrected chi connectivity index (χ0v) is 25.9. The largest absolute Gasteiger partial charge is 0.402 e. The van der Waals surface area contributed by atoms with Gasteiger partial charge in [0.15, 0.2) is 5.13 Å². The summed E-state index contributed by atoms with van der Waals surface area (Å²) in [5, 5.41) is 7.68. The summed E-state index contributed by atoms with van der Waals surface area (Å²) in [6, 6.07) is 11.4. The minimum Gasteiger partial charge on any atom is -0.402 e. The summed E-state index contributed by atoms with van der Waals surface area (Å²) in [5.74, 6) is 0.223. The van der Waals surface area contributed by atoms with Crippen LogP contribution in [0.1, 0.15) is 78.1 Å². The van der Waals surface area contributed by atoms with Crippen molar-refractivity contribution in [3.05, 3.63) is 59.7 Å². The Morgan fingerprint density at radius 3 is 2.36 bits per heavy atom. The van der Waals surface area contributed by atoms with Gasteiger partial charge in [-0.1, -0.05) is 92.0 Å². The lowest BCUT2D eigenvalue weighted by atomic mass is 10.0. The van der Waals surface area contributed by atoms with E-state index in [4.69, 9.17) is 4.74 Å². The number of rotatable bonds is 12. The topological polar surface area (TPSA) is 85.2 Å². The van der Waals surface area contributed by atoms with Crippen molar-refractivity contribution in [1.29, 1.82) is 0 Å². The van der Waals surface area contributed by atoms with Crippen LogP contribution in [-0.4, -0.2) is 48.4 Å². The molecular weight excluding hydrogens is 507 g/mol. The van der Waals surface area contributed by atoms with Gasteiger partial charge < -0.3 is 19.8 Å². The highest BCUT2D eigenvalue weighted by atomic mass is 32.1. The van der Waals surface area contributed by atoms with Crippen LogP contribution in [0.3, 0.4) is 0 Å². The second kappa shape index (κ2) is 23.0. The van der Waals surface area contributed by atoms with E-state index in [1.807, 2.05) is 77.6 Å². The number of thiazole rings is 1. The molecule has 2 N–H and O–H groups in total. The summed E-state index contributed by atoms with van der Waals surface area (Å²) in [6.07, 6.45) is 7.10. The first-order valence-corrected chi connectivity index (χ1v) is 15.0. The Labute approximate surface area is 241 Å². The predicted molar refractivity (Wildman–Crippen MR) is 168 cm³/mol. The summed E-state index contributed by atoms with van der Waals surface area (Å²) in [7, 11) is 1.83. The van der Waals surface area contributed by atoms with Gasteiger partial charge in [-0.25, -0.2) is 4.98 Å². The molecule has 3 aromatic rings. The SMILES string of the molecule is CC.CC.CCCOCCC(C)CC.C[B]n1ccc(C(=O)NCC(=O)Nc2nc(-c3ccccc3)cs2)c1. The highest BCUT2D eigenvalue weighted by molar-refractivity contribution is 7.14. The Morgan fingerprint density at radius 2 is 1.77 bits per heavy atom. The molecule has 2 aromatic heterocycles. The van der Waals surface area contributed by atoms with E-state index in [1.54, 1.807) is 22.9 Å². The summed E-state index contributed by atoms with van der Waals surface area (Å²) >= 11 is 1.35. The van der Waals surface area contributed by atoms with E-state index in [-0.39, 0.29) is 18.4 Å². The number of carbonyl (C=O) groups is 2. The number of nitrogens with one attached hydrogen (secondary N) is 2. The number of benzene rings is 1.